The van der Waals surface area contributed by atoms with Crippen molar-refractivity contribution in [2.24, 2.45) is 23.7 Å². The van der Waals surface area contributed by atoms with Crippen LogP contribution in [0.2, 0.25) is 0 Å². The zero-order chi connectivity index (χ0) is 69.6. The van der Waals surface area contributed by atoms with Crippen LogP contribution in [0.15, 0.2) is 0 Å². The highest BCUT2D eigenvalue weighted by Gasteiger charge is 2.30. The summed E-state index contributed by atoms with van der Waals surface area (Å²) in [6.07, 6.45) is 49.0. The first-order chi connectivity index (χ1) is 45.1. The predicted molar refractivity (Wildman–Crippen MR) is 381 cm³/mol. The van der Waals surface area contributed by atoms with Gasteiger partial charge >= 0.3 is 39.5 Å². The molecular formula is C75H146O17P2. The zero-order valence-corrected chi connectivity index (χ0v) is 63.4. The summed E-state index contributed by atoms with van der Waals surface area (Å²) < 4.78 is 68.4. The molecule has 0 heterocycles. The van der Waals surface area contributed by atoms with Gasteiger partial charge in [-0.2, -0.15) is 0 Å². The van der Waals surface area contributed by atoms with Gasteiger partial charge in [-0.05, 0) is 49.4 Å². The number of unbranched alkanes of at least 4 members (excludes halogenated alkanes) is 38. The van der Waals surface area contributed by atoms with Gasteiger partial charge in [0.25, 0.3) is 0 Å². The second-order valence-electron chi connectivity index (χ2n) is 28.9. The van der Waals surface area contributed by atoms with Crippen molar-refractivity contribution in [1.29, 1.82) is 0 Å². The lowest BCUT2D eigenvalue weighted by Gasteiger charge is -2.21. The third-order valence-electron chi connectivity index (χ3n) is 17.3. The molecule has 0 saturated carbocycles. The molecule has 0 aliphatic heterocycles. The normalized spacial score (nSPS) is 14.2. The molecular weight excluding hydrogens is 1230 g/mol. The van der Waals surface area contributed by atoms with Gasteiger partial charge in [0.2, 0.25) is 0 Å². The Bertz CT molecular complexity index is 1850. The summed E-state index contributed by atoms with van der Waals surface area (Å²) in [6, 6.07) is 0. The van der Waals surface area contributed by atoms with Gasteiger partial charge in [0, 0.05) is 25.7 Å². The van der Waals surface area contributed by atoms with Crippen molar-refractivity contribution in [3.05, 3.63) is 0 Å². The fourth-order valence-corrected chi connectivity index (χ4v) is 13.0. The molecule has 0 aliphatic carbocycles. The molecule has 0 radical (unpaired) electrons. The number of phosphoric acid groups is 2. The Hall–Kier alpha value is -1.94. The summed E-state index contributed by atoms with van der Waals surface area (Å²) in [5, 5.41) is 10.6. The number of aliphatic hydroxyl groups is 1. The summed E-state index contributed by atoms with van der Waals surface area (Å²) in [5.41, 5.74) is 0. The van der Waals surface area contributed by atoms with Crippen molar-refractivity contribution in [2.75, 3.05) is 39.6 Å². The number of hydrogen-bond acceptors (Lipinski definition) is 15. The van der Waals surface area contributed by atoms with Crippen molar-refractivity contribution in [3.63, 3.8) is 0 Å². The second kappa shape index (κ2) is 64.4. The van der Waals surface area contributed by atoms with E-state index in [-0.39, 0.29) is 25.7 Å². The van der Waals surface area contributed by atoms with Crippen LogP contribution < -0.4 is 0 Å². The van der Waals surface area contributed by atoms with Crippen LogP contribution in [0.3, 0.4) is 0 Å². The third-order valence-corrected chi connectivity index (χ3v) is 19.2. The number of hydrogen-bond donors (Lipinski definition) is 3. The second-order valence-corrected chi connectivity index (χ2v) is 31.9. The van der Waals surface area contributed by atoms with Gasteiger partial charge in [-0.15, -0.1) is 0 Å². The van der Waals surface area contributed by atoms with Gasteiger partial charge in [0.05, 0.1) is 26.4 Å². The van der Waals surface area contributed by atoms with Gasteiger partial charge in [-0.1, -0.05) is 325 Å². The predicted octanol–water partition coefficient (Wildman–Crippen LogP) is 21.7. The summed E-state index contributed by atoms with van der Waals surface area (Å²) in [6.45, 7) is 14.1. The third kappa shape index (κ3) is 68.6. The molecule has 558 valence electrons. The van der Waals surface area contributed by atoms with E-state index in [0.717, 1.165) is 108 Å². The Morgan fingerprint density at radius 3 is 0.660 bits per heavy atom. The molecule has 0 amide bonds. The Morgan fingerprint density at radius 1 is 0.266 bits per heavy atom. The van der Waals surface area contributed by atoms with E-state index < -0.39 is 97.5 Å². The van der Waals surface area contributed by atoms with Crippen LogP contribution in [0, 0.1) is 23.7 Å². The van der Waals surface area contributed by atoms with Crippen LogP contribution in [0.4, 0.5) is 0 Å². The number of aliphatic hydroxyl groups excluding tert-OH is 1. The maximum absolute atomic E-state index is 13.1. The minimum atomic E-state index is -4.96. The van der Waals surface area contributed by atoms with Crippen LogP contribution in [-0.4, -0.2) is 96.7 Å². The first-order valence-corrected chi connectivity index (χ1v) is 41.7. The number of carbonyl (C=O) groups is 4. The van der Waals surface area contributed by atoms with E-state index >= 15 is 0 Å². The standard InChI is InChI=1S/C75H146O17P2/c1-65(2)51-43-35-27-22-18-15-13-11-9-10-12-14-16-20-24-30-39-47-55-72(77)85-61-70(91-74(79)57-49-41-31-25-21-17-19-23-28-36-44-52-66(3)4)63-89-93(81,82)87-59-69(76)60-88-94(83,84)90-64-71(92-75(80)58-50-42-34-33-38-46-54-68(7)8)62-86-73(78)56-48-40-32-26-29-37-45-53-67(5)6/h65-71,76H,9-64H2,1-8H3,(H,81,82)(H,83,84)/t69?,70-,71-/m1/s1. The van der Waals surface area contributed by atoms with Crippen molar-refractivity contribution in [2.45, 2.75) is 395 Å². The van der Waals surface area contributed by atoms with Gasteiger partial charge in [-0.3, -0.25) is 37.3 Å². The molecule has 19 heteroatoms. The molecule has 0 spiro atoms. The summed E-state index contributed by atoms with van der Waals surface area (Å²) >= 11 is 0. The molecule has 3 unspecified atom stereocenters. The average Bonchev–Trinajstić information content (AvgIpc) is 2.93. The Morgan fingerprint density at radius 2 is 0.447 bits per heavy atom. The van der Waals surface area contributed by atoms with Crippen LogP contribution in [0.5, 0.6) is 0 Å². The maximum Gasteiger partial charge on any atom is 0.472 e. The lowest BCUT2D eigenvalue weighted by Crippen LogP contribution is -2.30. The molecule has 3 N–H and O–H groups in total. The lowest BCUT2D eigenvalue weighted by molar-refractivity contribution is -0.161. The molecule has 94 heavy (non-hydrogen) atoms. The molecule has 5 atom stereocenters. The van der Waals surface area contributed by atoms with E-state index in [4.69, 9.17) is 37.0 Å². The van der Waals surface area contributed by atoms with Crippen LogP contribution >= 0.6 is 15.6 Å². The van der Waals surface area contributed by atoms with E-state index in [2.05, 4.69) is 55.4 Å². The molecule has 0 bridgehead atoms. The molecule has 0 fully saturated rings. The molecule has 0 aliphatic rings. The largest absolute Gasteiger partial charge is 0.472 e. The Balaban J connectivity index is 5.16. The Kier molecular flexibility index (Phi) is 63.1. The van der Waals surface area contributed by atoms with Gasteiger partial charge in [0.1, 0.15) is 19.3 Å². The van der Waals surface area contributed by atoms with Crippen LogP contribution in [0.25, 0.3) is 0 Å². The van der Waals surface area contributed by atoms with Gasteiger partial charge < -0.3 is 33.8 Å². The number of rotatable bonds is 72. The first kappa shape index (κ1) is 92.1. The maximum atomic E-state index is 13.1. The number of phosphoric ester groups is 2. The number of carbonyl (C=O) groups excluding carboxylic acids is 4. The fourth-order valence-electron chi connectivity index (χ4n) is 11.4. The zero-order valence-electron chi connectivity index (χ0n) is 61.6. The molecule has 0 aromatic heterocycles. The van der Waals surface area contributed by atoms with Crippen molar-refractivity contribution in [1.82, 2.24) is 0 Å². The smallest absolute Gasteiger partial charge is 0.462 e. The topological polar surface area (TPSA) is 237 Å². The number of esters is 4. The quantitative estimate of drug-likeness (QED) is 0.0222. The SMILES string of the molecule is CC(C)CCCCCCCCCCCCCCCCCCCCC(=O)OC[C@H](COP(=O)(O)OCC(O)COP(=O)(O)OC[C@@H](COC(=O)CCCCCCCCCC(C)C)OC(=O)CCCCCCCCC(C)C)OC(=O)CCCCCCCCCCCCCC(C)C. The summed E-state index contributed by atoms with van der Waals surface area (Å²) in [5.74, 6) is 0.834. The minimum absolute atomic E-state index is 0.101. The highest BCUT2D eigenvalue weighted by Crippen LogP contribution is 2.45. The number of ether oxygens (including phenoxy) is 4. The van der Waals surface area contributed by atoms with E-state index in [0.29, 0.717) is 37.5 Å². The Labute approximate surface area is 575 Å². The fraction of sp³-hybridized carbons (Fsp3) is 0.947. The van der Waals surface area contributed by atoms with Gasteiger partial charge in [-0.25, -0.2) is 9.13 Å². The van der Waals surface area contributed by atoms with E-state index in [1.165, 1.54) is 173 Å². The van der Waals surface area contributed by atoms with E-state index in [9.17, 15) is 43.2 Å². The lowest BCUT2D eigenvalue weighted by atomic mass is 10.0. The van der Waals surface area contributed by atoms with Crippen molar-refractivity contribution in [3.8, 4) is 0 Å². The molecule has 0 aromatic carbocycles. The summed E-state index contributed by atoms with van der Waals surface area (Å²) in [7, 11) is -9.91. The molecule has 0 saturated heterocycles. The molecule has 0 rings (SSSR count). The highest BCUT2D eigenvalue weighted by molar-refractivity contribution is 7.47. The van der Waals surface area contributed by atoms with E-state index in [1.54, 1.807) is 0 Å². The highest BCUT2D eigenvalue weighted by atomic mass is 31.2. The van der Waals surface area contributed by atoms with Crippen molar-refractivity contribution < 1.29 is 80.2 Å². The summed E-state index contributed by atoms with van der Waals surface area (Å²) in [4.78, 5) is 72.6. The van der Waals surface area contributed by atoms with Gasteiger partial charge in [0.15, 0.2) is 12.2 Å². The van der Waals surface area contributed by atoms with E-state index in [1.807, 2.05) is 0 Å². The average molecular weight is 1380 g/mol. The van der Waals surface area contributed by atoms with Crippen LogP contribution in [-0.2, 0) is 65.4 Å². The van der Waals surface area contributed by atoms with Crippen molar-refractivity contribution >= 4 is 39.5 Å². The molecule has 0 aromatic rings. The molecule has 17 nitrogen and oxygen atoms in total. The minimum Gasteiger partial charge on any atom is -0.462 e. The van der Waals surface area contributed by atoms with Crippen LogP contribution in [0.1, 0.15) is 376 Å². The monoisotopic (exact) mass is 1380 g/mol. The first-order valence-electron chi connectivity index (χ1n) is 38.7.